The Morgan fingerprint density at radius 3 is 2.80 bits per heavy atom. The lowest BCUT2D eigenvalue weighted by Gasteiger charge is -1.99. The summed E-state index contributed by atoms with van der Waals surface area (Å²) in [5.41, 5.74) is 9.93. The number of allylic oxidation sites excluding steroid dienone is 1. The van der Waals surface area contributed by atoms with Gasteiger partial charge in [0, 0.05) is 28.4 Å². The van der Waals surface area contributed by atoms with Crippen molar-refractivity contribution >= 4 is 28.2 Å². The summed E-state index contributed by atoms with van der Waals surface area (Å²) < 4.78 is 0. The molecule has 0 spiro atoms. The fourth-order valence-electron chi connectivity index (χ4n) is 2.28. The van der Waals surface area contributed by atoms with Gasteiger partial charge in [-0.25, -0.2) is 0 Å². The normalized spacial score (nSPS) is 11.4. The number of aromatic amines is 1. The average Bonchev–Trinajstić information content (AvgIpc) is 2.89. The molecular weight excluding hydrogens is 246 g/mol. The van der Waals surface area contributed by atoms with Crippen LogP contribution in [0.5, 0.6) is 0 Å². The van der Waals surface area contributed by atoms with Crippen molar-refractivity contribution in [3.05, 3.63) is 65.9 Å². The quantitative estimate of drug-likeness (QED) is 0.543. The molecule has 3 nitrogen and oxygen atoms in total. The molecular formula is C17H13N3. The molecule has 0 atom stereocenters. The molecule has 3 heteroatoms. The average molecular weight is 259 g/mol. The Hall–Kier alpha value is -2.99. The highest BCUT2D eigenvalue weighted by Gasteiger charge is 2.07. The standard InChI is InChI=1S/C17H13N3/c18-10-13(8-12-4-3-5-14(19)9-12)16-11-20-17-7-2-1-6-15(16)17/h1-9,11,20H,19H2. The SMILES string of the molecule is N#CC(=Cc1cccc(N)c1)c1c[nH]c2ccccc12. The van der Waals surface area contributed by atoms with Crippen LogP contribution < -0.4 is 5.73 Å². The van der Waals surface area contributed by atoms with Gasteiger partial charge in [-0.15, -0.1) is 0 Å². The first kappa shape index (κ1) is 12.1. The van der Waals surface area contributed by atoms with Crippen LogP contribution in [0.1, 0.15) is 11.1 Å². The predicted octanol–water partition coefficient (Wildman–Crippen LogP) is 3.81. The highest BCUT2D eigenvalue weighted by atomic mass is 14.7. The van der Waals surface area contributed by atoms with Gasteiger partial charge in [-0.1, -0.05) is 30.3 Å². The number of H-pyrrole nitrogens is 1. The van der Waals surface area contributed by atoms with E-state index in [-0.39, 0.29) is 0 Å². The van der Waals surface area contributed by atoms with Crippen molar-refractivity contribution in [1.82, 2.24) is 4.98 Å². The summed E-state index contributed by atoms with van der Waals surface area (Å²) >= 11 is 0. The maximum absolute atomic E-state index is 9.42. The van der Waals surface area contributed by atoms with E-state index in [9.17, 15) is 5.26 Å². The van der Waals surface area contributed by atoms with Crippen LogP contribution in [-0.2, 0) is 0 Å². The van der Waals surface area contributed by atoms with Crippen LogP contribution in [0, 0.1) is 11.3 Å². The zero-order valence-electron chi connectivity index (χ0n) is 10.8. The van der Waals surface area contributed by atoms with Crippen molar-refractivity contribution in [1.29, 1.82) is 5.26 Å². The lowest BCUT2D eigenvalue weighted by atomic mass is 10.0. The van der Waals surface area contributed by atoms with Gasteiger partial charge in [-0.05, 0) is 29.8 Å². The van der Waals surface area contributed by atoms with E-state index in [4.69, 9.17) is 5.73 Å². The van der Waals surface area contributed by atoms with Crippen LogP contribution >= 0.6 is 0 Å². The summed E-state index contributed by atoms with van der Waals surface area (Å²) in [6.45, 7) is 0. The summed E-state index contributed by atoms with van der Waals surface area (Å²) in [5.74, 6) is 0. The Bertz CT molecular complexity index is 835. The van der Waals surface area contributed by atoms with E-state index in [2.05, 4.69) is 11.1 Å². The zero-order chi connectivity index (χ0) is 13.9. The number of nitrogens with zero attached hydrogens (tertiary/aromatic N) is 1. The van der Waals surface area contributed by atoms with E-state index in [1.54, 1.807) is 0 Å². The summed E-state index contributed by atoms with van der Waals surface area (Å²) in [4.78, 5) is 3.18. The number of para-hydroxylation sites is 1. The van der Waals surface area contributed by atoms with Crippen LogP contribution in [0.4, 0.5) is 5.69 Å². The number of nitrogens with two attached hydrogens (primary N) is 1. The Morgan fingerprint density at radius 1 is 1.15 bits per heavy atom. The second-order valence-corrected chi connectivity index (χ2v) is 4.59. The molecule has 1 heterocycles. The van der Waals surface area contributed by atoms with E-state index in [0.717, 1.165) is 22.0 Å². The molecule has 0 aliphatic heterocycles. The minimum atomic E-state index is 0.619. The largest absolute Gasteiger partial charge is 0.399 e. The lowest BCUT2D eigenvalue weighted by Crippen LogP contribution is -1.85. The molecule has 0 radical (unpaired) electrons. The fraction of sp³-hybridized carbons (Fsp3) is 0. The highest BCUT2D eigenvalue weighted by molar-refractivity contribution is 6.01. The number of rotatable bonds is 2. The Kier molecular flexibility index (Phi) is 2.98. The van der Waals surface area contributed by atoms with E-state index in [1.807, 2.05) is 60.8 Å². The van der Waals surface area contributed by atoms with Gasteiger partial charge in [-0.3, -0.25) is 0 Å². The number of hydrogen-bond donors (Lipinski definition) is 2. The molecule has 0 saturated heterocycles. The van der Waals surface area contributed by atoms with Crippen molar-refractivity contribution in [3.8, 4) is 6.07 Å². The van der Waals surface area contributed by atoms with E-state index in [0.29, 0.717) is 11.3 Å². The Balaban J connectivity index is 2.13. The topological polar surface area (TPSA) is 65.6 Å². The first-order valence-electron chi connectivity index (χ1n) is 6.32. The third-order valence-corrected chi connectivity index (χ3v) is 3.22. The van der Waals surface area contributed by atoms with Crippen LogP contribution in [0.3, 0.4) is 0 Å². The monoisotopic (exact) mass is 259 g/mol. The number of fused-ring (bicyclic) bond motifs is 1. The second-order valence-electron chi connectivity index (χ2n) is 4.59. The van der Waals surface area contributed by atoms with Gasteiger partial charge in [-0.2, -0.15) is 5.26 Å². The van der Waals surface area contributed by atoms with E-state index >= 15 is 0 Å². The van der Waals surface area contributed by atoms with Gasteiger partial charge in [0.1, 0.15) is 0 Å². The smallest absolute Gasteiger partial charge is 0.0998 e. The first-order valence-corrected chi connectivity index (χ1v) is 6.32. The van der Waals surface area contributed by atoms with Crippen LogP contribution in [0.2, 0.25) is 0 Å². The number of nitriles is 1. The molecule has 0 saturated carbocycles. The van der Waals surface area contributed by atoms with Crippen molar-refractivity contribution < 1.29 is 0 Å². The van der Waals surface area contributed by atoms with Crippen molar-refractivity contribution in [3.63, 3.8) is 0 Å². The molecule has 2 aromatic carbocycles. The van der Waals surface area contributed by atoms with Crippen molar-refractivity contribution in [2.24, 2.45) is 0 Å². The molecule has 3 aromatic rings. The summed E-state index contributed by atoms with van der Waals surface area (Å²) in [6, 6.07) is 17.7. The number of hydrogen-bond acceptors (Lipinski definition) is 2. The van der Waals surface area contributed by atoms with E-state index < -0.39 is 0 Å². The second kappa shape index (κ2) is 4.94. The molecule has 0 fully saturated rings. The maximum atomic E-state index is 9.42. The lowest BCUT2D eigenvalue weighted by molar-refractivity contribution is 1.46. The highest BCUT2D eigenvalue weighted by Crippen LogP contribution is 2.26. The van der Waals surface area contributed by atoms with Crippen molar-refractivity contribution in [2.75, 3.05) is 5.73 Å². The van der Waals surface area contributed by atoms with Gasteiger partial charge < -0.3 is 10.7 Å². The molecule has 20 heavy (non-hydrogen) atoms. The number of nitrogens with one attached hydrogen (secondary N) is 1. The molecule has 0 amide bonds. The molecule has 0 unspecified atom stereocenters. The van der Waals surface area contributed by atoms with Crippen molar-refractivity contribution in [2.45, 2.75) is 0 Å². The molecule has 3 N–H and O–H groups in total. The Labute approximate surface area is 117 Å². The van der Waals surface area contributed by atoms with Gasteiger partial charge in [0.05, 0.1) is 11.6 Å². The van der Waals surface area contributed by atoms with E-state index in [1.165, 1.54) is 0 Å². The molecule has 0 bridgehead atoms. The molecule has 1 aromatic heterocycles. The van der Waals surface area contributed by atoms with Crippen LogP contribution in [0.25, 0.3) is 22.6 Å². The summed E-state index contributed by atoms with van der Waals surface area (Å²) in [5, 5.41) is 10.5. The third-order valence-electron chi connectivity index (χ3n) is 3.22. The Morgan fingerprint density at radius 2 is 2.00 bits per heavy atom. The maximum Gasteiger partial charge on any atom is 0.0998 e. The van der Waals surface area contributed by atoms with Crippen LogP contribution in [0.15, 0.2) is 54.7 Å². The minimum Gasteiger partial charge on any atom is -0.399 e. The van der Waals surface area contributed by atoms with Gasteiger partial charge in [0.2, 0.25) is 0 Å². The number of aromatic nitrogens is 1. The summed E-state index contributed by atoms with van der Waals surface area (Å²) in [7, 11) is 0. The molecule has 0 aliphatic rings. The predicted molar refractivity (Wildman–Crippen MR) is 82.6 cm³/mol. The van der Waals surface area contributed by atoms with Gasteiger partial charge in [0.15, 0.2) is 0 Å². The van der Waals surface area contributed by atoms with Gasteiger partial charge >= 0.3 is 0 Å². The molecule has 96 valence electrons. The van der Waals surface area contributed by atoms with Gasteiger partial charge in [0.25, 0.3) is 0 Å². The zero-order valence-corrected chi connectivity index (χ0v) is 10.8. The number of benzene rings is 2. The summed E-state index contributed by atoms with van der Waals surface area (Å²) in [6.07, 6.45) is 3.72. The first-order chi connectivity index (χ1) is 9.78. The molecule has 0 aliphatic carbocycles. The number of anilines is 1. The molecule has 3 rings (SSSR count). The minimum absolute atomic E-state index is 0.619. The number of nitrogen functional groups attached to an aromatic ring is 1. The third kappa shape index (κ3) is 2.15. The van der Waals surface area contributed by atoms with Crippen LogP contribution in [-0.4, -0.2) is 4.98 Å². The fourth-order valence-corrected chi connectivity index (χ4v) is 2.28.